The Bertz CT molecular complexity index is 24.0. The fourth-order valence-corrected chi connectivity index (χ4v) is 0. The predicted octanol–water partition coefficient (Wildman–Crippen LogP) is 1.51. The molecule has 0 unspecified atom stereocenters. The summed E-state index contributed by atoms with van der Waals surface area (Å²) in [5.41, 5.74) is 0. The normalized spacial score (nSPS) is 8.25. The Kier molecular flexibility index (Phi) is 16.2. The maximum Gasteiger partial charge on any atom is 0.0434 e. The van der Waals surface area contributed by atoms with E-state index in [2.05, 4.69) is 7.05 Å². The number of quaternary nitrogens is 1. The molecular weight excluding hydrogens is 175 g/mol. The van der Waals surface area contributed by atoms with Gasteiger partial charge in [-0.1, -0.05) is 13.8 Å². The van der Waals surface area contributed by atoms with Crippen molar-refractivity contribution >= 4 is 0 Å². The zero-order valence-corrected chi connectivity index (χ0v) is 9.57. The van der Waals surface area contributed by atoms with Gasteiger partial charge in [0.2, 0.25) is 0 Å². The van der Waals surface area contributed by atoms with Crippen molar-refractivity contribution in [1.29, 1.82) is 0 Å². The first kappa shape index (κ1) is 16.0. The first-order valence-corrected chi connectivity index (χ1v) is 2.66. The van der Waals surface area contributed by atoms with Crippen LogP contribution in [0.2, 0.25) is 0 Å². The summed E-state index contributed by atoms with van der Waals surface area (Å²) in [6, 6.07) is 0. The van der Waals surface area contributed by atoms with Gasteiger partial charge in [0, 0.05) is 53.9 Å². The van der Waals surface area contributed by atoms with E-state index in [0.717, 1.165) is 4.48 Å². The maximum absolute atomic E-state index is 3.71. The summed E-state index contributed by atoms with van der Waals surface area (Å²) in [4.78, 5) is 0. The molecule has 0 rings (SSSR count). The third-order valence-electron chi connectivity index (χ3n) is 0. The van der Waals surface area contributed by atoms with E-state index >= 15 is 0 Å². The molecule has 49 valence electrons. The summed E-state index contributed by atoms with van der Waals surface area (Å²) in [6.07, 6.45) is 0. The van der Waals surface area contributed by atoms with Gasteiger partial charge in [0.25, 0.3) is 0 Å². The molecule has 0 N–H and O–H groups in total. The fourth-order valence-electron chi connectivity index (χ4n) is 0. The minimum absolute atomic E-state index is 0. The summed E-state index contributed by atoms with van der Waals surface area (Å²) in [6.45, 7) is 4.00. The Morgan fingerprint density at radius 1 is 1.00 bits per heavy atom. The molecular formula is C6H17NY. The standard InChI is InChI=1S/C4H11N.C2H6.Y/c1-5(2,3)4;1-2;/h1H2,2-4H3;1-2H3;. The third kappa shape index (κ3) is 229. The van der Waals surface area contributed by atoms with E-state index in [4.69, 9.17) is 0 Å². The molecule has 0 bridgehead atoms. The van der Waals surface area contributed by atoms with Gasteiger partial charge in [-0.15, -0.1) is 7.05 Å². The molecule has 2 heteroatoms. The van der Waals surface area contributed by atoms with Gasteiger partial charge in [-0.3, -0.25) is 0 Å². The second kappa shape index (κ2) is 8.06. The van der Waals surface area contributed by atoms with E-state index in [-0.39, 0.29) is 32.7 Å². The maximum atomic E-state index is 3.71. The van der Waals surface area contributed by atoms with Gasteiger partial charge in [0.05, 0.1) is 0 Å². The van der Waals surface area contributed by atoms with Crippen LogP contribution in [0.4, 0.5) is 0 Å². The largest absolute Gasteiger partial charge is 0.464 e. The molecule has 0 atom stereocenters. The fraction of sp³-hybridized carbons (Fsp3) is 0.833. The van der Waals surface area contributed by atoms with Crippen LogP contribution in [0, 0.1) is 7.05 Å². The second-order valence-electron chi connectivity index (χ2n) is 2.29. The van der Waals surface area contributed by atoms with Gasteiger partial charge in [0.15, 0.2) is 0 Å². The topological polar surface area (TPSA) is 0 Å². The number of nitrogens with zero attached hydrogens (tertiary/aromatic N) is 1. The molecule has 0 fully saturated rings. The number of hydrogen-bond donors (Lipinski definition) is 0. The van der Waals surface area contributed by atoms with Crippen molar-refractivity contribution in [1.82, 2.24) is 0 Å². The van der Waals surface area contributed by atoms with Crippen LogP contribution in [-0.2, 0) is 32.7 Å². The molecule has 8 heavy (non-hydrogen) atoms. The van der Waals surface area contributed by atoms with Gasteiger partial charge < -0.3 is 4.48 Å². The van der Waals surface area contributed by atoms with Crippen molar-refractivity contribution in [3.8, 4) is 0 Å². The monoisotopic (exact) mass is 192 g/mol. The molecule has 0 aliphatic carbocycles. The smallest absolute Gasteiger partial charge is 0.0434 e. The Hall–Kier alpha value is 1.06. The Labute approximate surface area is 78.9 Å². The molecule has 1 nitrogen and oxygen atoms in total. The Morgan fingerprint density at radius 3 is 1.00 bits per heavy atom. The van der Waals surface area contributed by atoms with Crippen LogP contribution in [-0.4, -0.2) is 25.6 Å². The zero-order chi connectivity index (χ0) is 6.50. The SMILES string of the molecule is CC.[CH2-][N+](C)(C)C.[Y]. The Morgan fingerprint density at radius 2 is 1.00 bits per heavy atom. The van der Waals surface area contributed by atoms with E-state index < -0.39 is 0 Å². The van der Waals surface area contributed by atoms with Crippen molar-refractivity contribution in [3.63, 3.8) is 0 Å². The molecule has 0 aromatic heterocycles. The average Bonchev–Trinajstić information content (AvgIpc) is 1.36. The number of rotatable bonds is 0. The van der Waals surface area contributed by atoms with Gasteiger partial charge >= 0.3 is 0 Å². The van der Waals surface area contributed by atoms with Gasteiger partial charge in [-0.2, -0.15) is 0 Å². The van der Waals surface area contributed by atoms with Crippen molar-refractivity contribution in [3.05, 3.63) is 7.05 Å². The van der Waals surface area contributed by atoms with Gasteiger partial charge in [-0.05, 0) is 0 Å². The van der Waals surface area contributed by atoms with E-state index in [1.54, 1.807) is 0 Å². The van der Waals surface area contributed by atoms with E-state index in [9.17, 15) is 0 Å². The molecule has 0 aromatic rings. The first-order chi connectivity index (χ1) is 3.00. The van der Waals surface area contributed by atoms with Crippen LogP contribution in [0.3, 0.4) is 0 Å². The van der Waals surface area contributed by atoms with Crippen molar-refractivity contribution < 1.29 is 37.2 Å². The average molecular weight is 192 g/mol. The van der Waals surface area contributed by atoms with Crippen molar-refractivity contribution in [2.24, 2.45) is 0 Å². The summed E-state index contributed by atoms with van der Waals surface area (Å²) in [7, 11) is 9.75. The molecule has 0 heterocycles. The molecule has 0 spiro atoms. The van der Waals surface area contributed by atoms with Crippen molar-refractivity contribution in [2.45, 2.75) is 13.8 Å². The second-order valence-corrected chi connectivity index (χ2v) is 2.29. The number of hydrogen-bond acceptors (Lipinski definition) is 0. The van der Waals surface area contributed by atoms with Gasteiger partial charge in [0.1, 0.15) is 0 Å². The molecule has 0 aliphatic heterocycles. The van der Waals surface area contributed by atoms with Gasteiger partial charge in [-0.25, -0.2) is 0 Å². The summed E-state index contributed by atoms with van der Waals surface area (Å²) < 4.78 is 0.750. The van der Waals surface area contributed by atoms with Crippen LogP contribution >= 0.6 is 0 Å². The minimum atomic E-state index is 0. The van der Waals surface area contributed by atoms with Crippen LogP contribution < -0.4 is 0 Å². The molecule has 0 saturated heterocycles. The minimum Gasteiger partial charge on any atom is -0.464 e. The van der Waals surface area contributed by atoms with E-state index in [1.165, 1.54) is 0 Å². The summed E-state index contributed by atoms with van der Waals surface area (Å²) >= 11 is 0. The van der Waals surface area contributed by atoms with Crippen LogP contribution in [0.25, 0.3) is 0 Å². The molecule has 0 amide bonds. The van der Waals surface area contributed by atoms with Crippen LogP contribution in [0.5, 0.6) is 0 Å². The summed E-state index contributed by atoms with van der Waals surface area (Å²) in [5.74, 6) is 0. The van der Waals surface area contributed by atoms with Crippen LogP contribution in [0.1, 0.15) is 13.8 Å². The molecule has 0 aliphatic rings. The van der Waals surface area contributed by atoms with Crippen molar-refractivity contribution in [2.75, 3.05) is 21.1 Å². The van der Waals surface area contributed by atoms with E-state index in [0.29, 0.717) is 0 Å². The quantitative estimate of drug-likeness (QED) is 0.403. The third-order valence-corrected chi connectivity index (χ3v) is 0. The van der Waals surface area contributed by atoms with Crippen LogP contribution in [0.15, 0.2) is 0 Å². The van der Waals surface area contributed by atoms with E-state index in [1.807, 2.05) is 35.0 Å². The summed E-state index contributed by atoms with van der Waals surface area (Å²) in [5, 5.41) is 0. The molecule has 0 aromatic carbocycles. The first-order valence-electron chi connectivity index (χ1n) is 2.66. The Balaban J connectivity index is -0.0000000750. The zero-order valence-electron chi connectivity index (χ0n) is 6.73. The molecule has 0 saturated carbocycles. The molecule has 1 radical (unpaired) electrons. The predicted molar refractivity (Wildman–Crippen MR) is 34.7 cm³/mol.